The number of phenolic OH excluding ortho intramolecular Hbond substituents is 1. The quantitative estimate of drug-likeness (QED) is 0.576. The van der Waals surface area contributed by atoms with E-state index in [-0.39, 0.29) is 5.75 Å². The van der Waals surface area contributed by atoms with Gasteiger partial charge in [0.15, 0.2) is 0 Å². The van der Waals surface area contributed by atoms with Crippen molar-refractivity contribution >= 4 is 27.5 Å². The summed E-state index contributed by atoms with van der Waals surface area (Å²) in [7, 11) is 0. The molecule has 0 aliphatic heterocycles. The number of ether oxygens (including phenoxy) is 1. The Balaban J connectivity index is 2.21. The van der Waals surface area contributed by atoms with Crippen LogP contribution >= 0.6 is 0 Å². The summed E-state index contributed by atoms with van der Waals surface area (Å²) in [6.45, 7) is 2.33. The highest BCUT2D eigenvalue weighted by Gasteiger charge is 2.12. The Morgan fingerprint density at radius 1 is 1.05 bits per heavy atom. The molecule has 21 heavy (non-hydrogen) atoms. The molecule has 0 spiro atoms. The minimum Gasteiger partial charge on any atom is -0.507 e. The van der Waals surface area contributed by atoms with E-state index in [9.17, 15) is 9.90 Å². The molecule has 0 fully saturated rings. The zero-order valence-corrected chi connectivity index (χ0v) is 11.8. The maximum absolute atomic E-state index is 12.0. The Bertz CT molecular complexity index is 821. The molecule has 1 N–H and O–H groups in total. The molecular formula is C18H16O3. The van der Waals surface area contributed by atoms with E-state index >= 15 is 0 Å². The van der Waals surface area contributed by atoms with Gasteiger partial charge in [0.1, 0.15) is 5.75 Å². The molecule has 106 valence electrons. The van der Waals surface area contributed by atoms with Crippen molar-refractivity contribution in [2.45, 2.75) is 13.3 Å². The van der Waals surface area contributed by atoms with Gasteiger partial charge in [0, 0.05) is 5.39 Å². The molecule has 0 aliphatic carbocycles. The van der Waals surface area contributed by atoms with E-state index in [2.05, 4.69) is 0 Å². The number of carbonyl (C=O) groups excluding carboxylic acids is 1. The van der Waals surface area contributed by atoms with Crippen LogP contribution in [0, 0.1) is 0 Å². The van der Waals surface area contributed by atoms with E-state index in [1.165, 1.54) is 6.07 Å². The van der Waals surface area contributed by atoms with Crippen LogP contribution in [0.5, 0.6) is 5.75 Å². The molecule has 0 saturated carbocycles. The Morgan fingerprint density at radius 2 is 1.86 bits per heavy atom. The zero-order valence-electron chi connectivity index (χ0n) is 11.8. The second-order valence-corrected chi connectivity index (χ2v) is 5.01. The summed E-state index contributed by atoms with van der Waals surface area (Å²) in [4.78, 5) is 12.0. The Labute approximate surface area is 122 Å². The first-order valence-electron chi connectivity index (χ1n) is 7.02. The molecule has 3 heteroatoms. The van der Waals surface area contributed by atoms with E-state index in [0.717, 1.165) is 28.0 Å². The molecule has 3 aromatic carbocycles. The smallest absolute Gasteiger partial charge is 0.338 e. The molecular weight excluding hydrogens is 264 g/mol. The Hall–Kier alpha value is -2.55. The maximum Gasteiger partial charge on any atom is 0.338 e. The van der Waals surface area contributed by atoms with Crippen LogP contribution in [0.2, 0.25) is 0 Å². The van der Waals surface area contributed by atoms with Crippen molar-refractivity contribution < 1.29 is 14.6 Å². The fourth-order valence-corrected chi connectivity index (χ4v) is 2.49. The van der Waals surface area contributed by atoms with E-state index in [4.69, 9.17) is 4.74 Å². The first-order valence-corrected chi connectivity index (χ1v) is 7.02. The van der Waals surface area contributed by atoms with Crippen LogP contribution in [-0.2, 0) is 4.74 Å². The predicted octanol–water partition coefficient (Wildman–Crippen LogP) is 4.27. The second kappa shape index (κ2) is 5.44. The van der Waals surface area contributed by atoms with Crippen molar-refractivity contribution in [3.8, 4) is 5.75 Å². The third kappa shape index (κ3) is 2.42. The van der Waals surface area contributed by atoms with Gasteiger partial charge in [0.25, 0.3) is 0 Å². The molecule has 0 heterocycles. The minimum atomic E-state index is -0.401. The molecule has 3 rings (SSSR count). The van der Waals surface area contributed by atoms with Crippen molar-refractivity contribution in [3.05, 3.63) is 54.1 Å². The lowest BCUT2D eigenvalue weighted by Crippen LogP contribution is -2.05. The van der Waals surface area contributed by atoms with Crippen LogP contribution in [0.1, 0.15) is 23.7 Å². The average Bonchev–Trinajstić information content (AvgIpc) is 2.52. The lowest BCUT2D eigenvalue weighted by molar-refractivity contribution is 0.0505. The highest BCUT2D eigenvalue weighted by molar-refractivity contribution is 6.11. The number of esters is 1. The van der Waals surface area contributed by atoms with Gasteiger partial charge in [0.2, 0.25) is 0 Å². The fraction of sp³-hybridized carbons (Fsp3) is 0.167. The summed E-state index contributed by atoms with van der Waals surface area (Å²) in [5, 5.41) is 13.9. The van der Waals surface area contributed by atoms with E-state index in [1.54, 1.807) is 6.07 Å². The summed E-state index contributed by atoms with van der Waals surface area (Å²) >= 11 is 0. The molecule has 0 amide bonds. The van der Waals surface area contributed by atoms with Crippen LogP contribution in [0.3, 0.4) is 0 Å². The lowest BCUT2D eigenvalue weighted by Gasteiger charge is -2.09. The van der Waals surface area contributed by atoms with Crippen LogP contribution in [0.4, 0.5) is 0 Å². The normalized spacial score (nSPS) is 10.9. The molecule has 0 atom stereocenters. The fourth-order valence-electron chi connectivity index (χ4n) is 2.49. The van der Waals surface area contributed by atoms with Crippen molar-refractivity contribution in [2.24, 2.45) is 0 Å². The number of fused-ring (bicyclic) bond motifs is 3. The monoisotopic (exact) mass is 280 g/mol. The Morgan fingerprint density at radius 3 is 2.67 bits per heavy atom. The third-order valence-corrected chi connectivity index (χ3v) is 3.51. The summed E-state index contributed by atoms with van der Waals surface area (Å²) in [5.74, 6) is -0.302. The summed E-state index contributed by atoms with van der Waals surface area (Å²) in [5.41, 5.74) is 0.379. The highest BCUT2D eigenvalue weighted by Crippen LogP contribution is 2.32. The number of carbonyl (C=O) groups is 1. The van der Waals surface area contributed by atoms with E-state index in [0.29, 0.717) is 12.2 Å². The van der Waals surface area contributed by atoms with Crippen LogP contribution in [-0.4, -0.2) is 17.7 Å². The van der Waals surface area contributed by atoms with Gasteiger partial charge in [-0.25, -0.2) is 4.79 Å². The topological polar surface area (TPSA) is 46.5 Å². The number of aromatic hydroxyl groups is 1. The van der Waals surface area contributed by atoms with Crippen LogP contribution in [0.25, 0.3) is 21.5 Å². The summed E-state index contributed by atoms with van der Waals surface area (Å²) in [6, 6.07) is 15.0. The molecule has 0 unspecified atom stereocenters. The van der Waals surface area contributed by atoms with Crippen molar-refractivity contribution in [1.82, 2.24) is 0 Å². The molecule has 0 bridgehead atoms. The molecule has 3 aromatic rings. The standard InChI is InChI=1S/C18H16O3/c1-2-9-21-18(20)13-10-16-14-6-4-3-5-12(14)7-8-15(16)17(19)11-13/h3-8,10-11,19H,2,9H2,1H3. The number of hydrogen-bond acceptors (Lipinski definition) is 3. The van der Waals surface area contributed by atoms with Crippen molar-refractivity contribution in [2.75, 3.05) is 6.61 Å². The van der Waals surface area contributed by atoms with Gasteiger partial charge in [0.05, 0.1) is 12.2 Å². The van der Waals surface area contributed by atoms with Crippen LogP contribution in [0.15, 0.2) is 48.5 Å². The van der Waals surface area contributed by atoms with Gasteiger partial charge in [-0.05, 0) is 34.7 Å². The van der Waals surface area contributed by atoms with Gasteiger partial charge in [-0.1, -0.05) is 43.3 Å². The zero-order chi connectivity index (χ0) is 14.8. The minimum absolute atomic E-state index is 0.0988. The predicted molar refractivity (Wildman–Crippen MR) is 83.7 cm³/mol. The summed E-state index contributed by atoms with van der Waals surface area (Å²) < 4.78 is 5.14. The number of hydrogen-bond donors (Lipinski definition) is 1. The first kappa shape index (κ1) is 13.4. The molecule has 0 saturated heterocycles. The van der Waals surface area contributed by atoms with E-state index in [1.807, 2.05) is 43.3 Å². The van der Waals surface area contributed by atoms with Gasteiger partial charge >= 0.3 is 5.97 Å². The lowest BCUT2D eigenvalue weighted by atomic mass is 9.99. The first-order chi connectivity index (χ1) is 10.2. The highest BCUT2D eigenvalue weighted by atomic mass is 16.5. The maximum atomic E-state index is 12.0. The number of rotatable bonds is 3. The SMILES string of the molecule is CCCOC(=O)c1cc(O)c2ccc3ccccc3c2c1. The Kier molecular flexibility index (Phi) is 3.48. The largest absolute Gasteiger partial charge is 0.507 e. The van der Waals surface area contributed by atoms with Crippen molar-refractivity contribution in [1.29, 1.82) is 0 Å². The molecule has 0 aliphatic rings. The number of benzene rings is 3. The van der Waals surface area contributed by atoms with E-state index < -0.39 is 5.97 Å². The molecule has 0 aromatic heterocycles. The molecule has 0 radical (unpaired) electrons. The summed E-state index contributed by atoms with van der Waals surface area (Å²) in [6.07, 6.45) is 0.772. The third-order valence-electron chi connectivity index (χ3n) is 3.51. The van der Waals surface area contributed by atoms with Gasteiger partial charge in [-0.15, -0.1) is 0 Å². The van der Waals surface area contributed by atoms with Crippen LogP contribution < -0.4 is 0 Å². The number of phenols is 1. The van der Waals surface area contributed by atoms with Gasteiger partial charge in [-0.3, -0.25) is 0 Å². The van der Waals surface area contributed by atoms with Crippen molar-refractivity contribution in [3.63, 3.8) is 0 Å². The average molecular weight is 280 g/mol. The molecule has 3 nitrogen and oxygen atoms in total. The second-order valence-electron chi connectivity index (χ2n) is 5.01. The van der Waals surface area contributed by atoms with Gasteiger partial charge < -0.3 is 9.84 Å². The van der Waals surface area contributed by atoms with Gasteiger partial charge in [-0.2, -0.15) is 0 Å².